The molecule has 2 rings (SSSR count). The fourth-order valence-corrected chi connectivity index (χ4v) is 2.64. The highest BCUT2D eigenvalue weighted by molar-refractivity contribution is 5.76. The molecule has 1 aliphatic rings. The summed E-state index contributed by atoms with van der Waals surface area (Å²) in [5, 5.41) is 14.4. The quantitative estimate of drug-likeness (QED) is 0.610. The number of hydrogen-bond donors (Lipinski definition) is 0. The maximum Gasteiger partial charge on any atom is 0.307 e. The lowest BCUT2D eigenvalue weighted by Gasteiger charge is -2.35. The number of carbonyl (C=O) groups is 1. The lowest BCUT2D eigenvalue weighted by molar-refractivity contribution is -0.385. The second kappa shape index (κ2) is 5.38. The van der Waals surface area contributed by atoms with Gasteiger partial charge in [0.15, 0.2) is 0 Å². The second-order valence-corrected chi connectivity index (χ2v) is 5.40. The number of hydrogen-bond acceptors (Lipinski definition) is 4. The van der Waals surface area contributed by atoms with E-state index in [1.807, 2.05) is 4.90 Å². The van der Waals surface area contributed by atoms with E-state index in [0.29, 0.717) is 11.8 Å². The lowest BCUT2D eigenvalue weighted by atomic mass is 9.92. The molecule has 0 bridgehead atoms. The van der Waals surface area contributed by atoms with Crippen molar-refractivity contribution in [3.05, 3.63) is 22.5 Å². The van der Waals surface area contributed by atoms with Crippen LogP contribution in [0.3, 0.4) is 0 Å². The minimum atomic E-state index is -0.515. The minimum Gasteiger partial charge on any atom is -0.341 e. The molecule has 0 spiro atoms. The predicted octanol–water partition coefficient (Wildman–Crippen LogP) is 1.30. The van der Waals surface area contributed by atoms with Gasteiger partial charge in [-0.1, -0.05) is 13.8 Å². The van der Waals surface area contributed by atoms with Crippen LogP contribution in [0, 0.1) is 22.0 Å². The van der Waals surface area contributed by atoms with E-state index < -0.39 is 4.92 Å². The number of nitrogens with zero attached hydrogens (tertiary/aromatic N) is 4. The molecule has 0 saturated carbocycles. The topological polar surface area (TPSA) is 81.3 Å². The van der Waals surface area contributed by atoms with Crippen LogP contribution in [-0.4, -0.2) is 38.6 Å². The summed E-state index contributed by atoms with van der Waals surface area (Å²) in [7, 11) is 0. The maximum atomic E-state index is 12.1. The third-order valence-electron chi connectivity index (χ3n) is 3.35. The molecule has 2 unspecified atom stereocenters. The molecule has 0 aromatic carbocycles. The zero-order valence-corrected chi connectivity index (χ0v) is 11.2. The zero-order valence-electron chi connectivity index (χ0n) is 11.2. The molecule has 104 valence electrons. The minimum absolute atomic E-state index is 0.0311. The van der Waals surface area contributed by atoms with Crippen molar-refractivity contribution in [1.82, 2.24) is 14.7 Å². The molecule has 1 amide bonds. The van der Waals surface area contributed by atoms with E-state index in [1.165, 1.54) is 10.9 Å². The molecule has 2 atom stereocenters. The van der Waals surface area contributed by atoms with Crippen molar-refractivity contribution >= 4 is 11.6 Å². The van der Waals surface area contributed by atoms with Gasteiger partial charge in [0.25, 0.3) is 0 Å². The summed E-state index contributed by atoms with van der Waals surface area (Å²) in [6.07, 6.45) is 3.58. The summed E-state index contributed by atoms with van der Waals surface area (Å²) >= 11 is 0. The van der Waals surface area contributed by atoms with Gasteiger partial charge in [0.05, 0.1) is 4.92 Å². The highest BCUT2D eigenvalue weighted by Gasteiger charge is 2.25. The first kappa shape index (κ1) is 13.5. The van der Waals surface area contributed by atoms with Crippen LogP contribution in [0.2, 0.25) is 0 Å². The van der Waals surface area contributed by atoms with Gasteiger partial charge >= 0.3 is 5.69 Å². The molecule has 7 nitrogen and oxygen atoms in total. The summed E-state index contributed by atoms with van der Waals surface area (Å²) in [4.78, 5) is 24.0. The first-order valence-electron chi connectivity index (χ1n) is 6.40. The van der Waals surface area contributed by atoms with E-state index in [2.05, 4.69) is 18.9 Å². The highest BCUT2D eigenvalue weighted by Crippen LogP contribution is 2.21. The summed E-state index contributed by atoms with van der Waals surface area (Å²) in [6, 6.07) is 0. The number of likely N-dealkylation sites (tertiary alicyclic amines) is 1. The number of carbonyl (C=O) groups excluding carboxylic acids is 1. The Kier molecular flexibility index (Phi) is 3.82. The third kappa shape index (κ3) is 3.30. The van der Waals surface area contributed by atoms with Crippen LogP contribution in [0.15, 0.2) is 12.4 Å². The van der Waals surface area contributed by atoms with Gasteiger partial charge in [-0.15, -0.1) is 0 Å². The van der Waals surface area contributed by atoms with Gasteiger partial charge in [-0.25, -0.2) is 0 Å². The smallest absolute Gasteiger partial charge is 0.307 e. The van der Waals surface area contributed by atoms with Gasteiger partial charge in [-0.05, 0) is 18.3 Å². The molecule has 0 aliphatic carbocycles. The van der Waals surface area contributed by atoms with Crippen LogP contribution < -0.4 is 0 Å². The Morgan fingerprint density at radius 2 is 2.11 bits per heavy atom. The molecule has 1 fully saturated rings. The van der Waals surface area contributed by atoms with Gasteiger partial charge in [-0.3, -0.25) is 19.6 Å². The van der Waals surface area contributed by atoms with E-state index >= 15 is 0 Å². The number of nitro groups is 1. The van der Waals surface area contributed by atoms with Crippen LogP contribution in [0.4, 0.5) is 5.69 Å². The van der Waals surface area contributed by atoms with E-state index in [4.69, 9.17) is 0 Å². The molecule has 1 aromatic heterocycles. The molecule has 1 aliphatic heterocycles. The van der Waals surface area contributed by atoms with E-state index in [0.717, 1.165) is 25.7 Å². The van der Waals surface area contributed by atoms with Gasteiger partial charge in [0.2, 0.25) is 5.91 Å². The Bertz CT molecular complexity index is 475. The second-order valence-electron chi connectivity index (χ2n) is 5.40. The van der Waals surface area contributed by atoms with Crippen molar-refractivity contribution in [1.29, 1.82) is 0 Å². The fourth-order valence-electron chi connectivity index (χ4n) is 2.64. The molecule has 0 N–H and O–H groups in total. The van der Waals surface area contributed by atoms with Crippen molar-refractivity contribution in [2.75, 3.05) is 13.1 Å². The zero-order chi connectivity index (χ0) is 14.0. The molecule has 2 heterocycles. The molecular weight excluding hydrogens is 248 g/mol. The van der Waals surface area contributed by atoms with Crippen molar-refractivity contribution in [3.8, 4) is 0 Å². The number of piperidine rings is 1. The Morgan fingerprint density at radius 3 is 2.63 bits per heavy atom. The van der Waals surface area contributed by atoms with Crippen LogP contribution >= 0.6 is 0 Å². The number of aromatic nitrogens is 2. The van der Waals surface area contributed by atoms with E-state index in [-0.39, 0.29) is 18.1 Å². The monoisotopic (exact) mass is 266 g/mol. The van der Waals surface area contributed by atoms with Crippen LogP contribution in [0.25, 0.3) is 0 Å². The standard InChI is InChI=1S/C12H18N4O3/c1-9-3-10(2)6-14(5-9)12(17)8-15-7-11(4-13-15)16(18)19/h4,7,9-10H,3,5-6,8H2,1-2H3. The van der Waals surface area contributed by atoms with Crippen molar-refractivity contribution < 1.29 is 9.72 Å². The van der Waals surface area contributed by atoms with Gasteiger partial charge in [0, 0.05) is 13.1 Å². The molecular formula is C12H18N4O3. The highest BCUT2D eigenvalue weighted by atomic mass is 16.6. The third-order valence-corrected chi connectivity index (χ3v) is 3.35. The van der Waals surface area contributed by atoms with Crippen molar-refractivity contribution in [2.24, 2.45) is 11.8 Å². The lowest BCUT2D eigenvalue weighted by Crippen LogP contribution is -2.44. The molecule has 1 saturated heterocycles. The average Bonchev–Trinajstić information content (AvgIpc) is 2.76. The van der Waals surface area contributed by atoms with Crippen LogP contribution in [0.5, 0.6) is 0 Å². The Balaban J connectivity index is 1.98. The predicted molar refractivity (Wildman–Crippen MR) is 68.4 cm³/mol. The summed E-state index contributed by atoms with van der Waals surface area (Å²) in [6.45, 7) is 5.84. The summed E-state index contributed by atoms with van der Waals surface area (Å²) < 4.78 is 1.32. The molecule has 1 aromatic rings. The van der Waals surface area contributed by atoms with E-state index in [1.54, 1.807) is 0 Å². The Morgan fingerprint density at radius 1 is 1.47 bits per heavy atom. The van der Waals surface area contributed by atoms with Crippen molar-refractivity contribution in [2.45, 2.75) is 26.8 Å². The number of rotatable bonds is 3. The Hall–Kier alpha value is -1.92. The summed E-state index contributed by atoms with van der Waals surface area (Å²) in [5.74, 6) is 0.968. The van der Waals surface area contributed by atoms with Gasteiger partial charge < -0.3 is 4.90 Å². The first-order valence-corrected chi connectivity index (χ1v) is 6.40. The Labute approximate surface area is 111 Å². The largest absolute Gasteiger partial charge is 0.341 e. The van der Waals surface area contributed by atoms with Crippen LogP contribution in [0.1, 0.15) is 20.3 Å². The van der Waals surface area contributed by atoms with Gasteiger partial charge in [-0.2, -0.15) is 5.10 Å². The van der Waals surface area contributed by atoms with Crippen molar-refractivity contribution in [3.63, 3.8) is 0 Å². The average molecular weight is 266 g/mol. The fraction of sp³-hybridized carbons (Fsp3) is 0.667. The van der Waals surface area contributed by atoms with Gasteiger partial charge in [0.1, 0.15) is 18.9 Å². The number of amides is 1. The molecule has 0 radical (unpaired) electrons. The summed E-state index contributed by atoms with van der Waals surface area (Å²) in [5.41, 5.74) is -0.0896. The normalized spacial score (nSPS) is 23.4. The molecule has 7 heteroatoms. The van der Waals surface area contributed by atoms with Crippen LogP contribution in [-0.2, 0) is 11.3 Å². The first-order chi connectivity index (χ1) is 8.95. The SMILES string of the molecule is CC1CC(C)CN(C(=O)Cn2cc([N+](=O)[O-])cn2)C1. The van der Waals surface area contributed by atoms with E-state index in [9.17, 15) is 14.9 Å². The maximum absolute atomic E-state index is 12.1. The molecule has 19 heavy (non-hydrogen) atoms.